The second kappa shape index (κ2) is 11.1. The molecule has 34 heavy (non-hydrogen) atoms. The van der Waals surface area contributed by atoms with E-state index in [0.717, 1.165) is 15.4 Å². The van der Waals surface area contributed by atoms with Crippen molar-refractivity contribution >= 4 is 27.8 Å². The van der Waals surface area contributed by atoms with Crippen molar-refractivity contribution in [3.05, 3.63) is 89.5 Å². The number of ether oxygens (including phenoxy) is 1. The summed E-state index contributed by atoms with van der Waals surface area (Å²) < 4.78 is 33.0. The molecule has 0 unspecified atom stereocenters. The first-order valence-corrected chi connectivity index (χ1v) is 11.8. The number of nitrogens with one attached hydrogen (secondary N) is 1. The maximum atomic E-state index is 13.4. The molecule has 3 rings (SSSR count). The number of hydrazone groups is 1. The number of sulfonamides is 1. The smallest absolute Gasteiger partial charge is 0.264 e. The molecule has 174 valence electrons. The quantitative estimate of drug-likeness (QED) is 0.375. The number of nitrogens with zero attached hydrogens (tertiary/aromatic N) is 3. The molecule has 0 atom stereocenters. The van der Waals surface area contributed by atoms with E-state index in [-0.39, 0.29) is 11.5 Å². The van der Waals surface area contributed by atoms with Gasteiger partial charge in [-0.1, -0.05) is 35.9 Å². The molecule has 0 radical (unpaired) electrons. The lowest BCUT2D eigenvalue weighted by molar-refractivity contribution is -0.119. The van der Waals surface area contributed by atoms with Gasteiger partial charge in [0.25, 0.3) is 15.9 Å². The van der Waals surface area contributed by atoms with Crippen LogP contribution in [-0.4, -0.2) is 33.7 Å². The predicted octanol–water partition coefficient (Wildman–Crippen LogP) is 3.55. The first-order valence-electron chi connectivity index (χ1n) is 10.4. The van der Waals surface area contributed by atoms with Gasteiger partial charge in [0.05, 0.1) is 16.8 Å². The van der Waals surface area contributed by atoms with Gasteiger partial charge < -0.3 is 4.74 Å². The third-order valence-corrected chi connectivity index (χ3v) is 6.60. The van der Waals surface area contributed by atoms with Gasteiger partial charge >= 0.3 is 0 Å². The molecule has 0 heterocycles. The highest BCUT2D eigenvalue weighted by molar-refractivity contribution is 7.92. The van der Waals surface area contributed by atoms with Gasteiger partial charge in [-0.25, -0.2) is 13.8 Å². The lowest BCUT2D eigenvalue weighted by Crippen LogP contribution is -2.40. The average molecular weight is 477 g/mol. The van der Waals surface area contributed by atoms with Gasteiger partial charge in [0.15, 0.2) is 6.61 Å². The molecule has 0 aliphatic carbocycles. The minimum Gasteiger partial charge on any atom is -0.479 e. The molecule has 0 fully saturated rings. The fraction of sp³-hybridized carbons (Fsp3) is 0.160. The number of rotatable bonds is 9. The highest BCUT2D eigenvalue weighted by Gasteiger charge is 2.28. The van der Waals surface area contributed by atoms with Crippen molar-refractivity contribution in [3.8, 4) is 11.8 Å². The van der Waals surface area contributed by atoms with E-state index in [9.17, 15) is 13.2 Å². The summed E-state index contributed by atoms with van der Waals surface area (Å²) in [7, 11) is -3.99. The Bertz CT molecular complexity index is 1320. The molecule has 0 aromatic heterocycles. The van der Waals surface area contributed by atoms with E-state index in [4.69, 9.17) is 10.00 Å². The average Bonchev–Trinajstić information content (AvgIpc) is 2.83. The highest BCUT2D eigenvalue weighted by Crippen LogP contribution is 2.27. The second-order valence-electron chi connectivity index (χ2n) is 7.42. The van der Waals surface area contributed by atoms with Crippen molar-refractivity contribution in [3.63, 3.8) is 0 Å². The first-order chi connectivity index (χ1) is 16.3. The molecule has 0 aliphatic heterocycles. The summed E-state index contributed by atoms with van der Waals surface area (Å²) in [5.74, 6) is -0.0531. The Balaban J connectivity index is 1.78. The molecule has 3 aromatic carbocycles. The van der Waals surface area contributed by atoms with E-state index in [1.807, 2.05) is 19.1 Å². The molecule has 0 saturated carbocycles. The maximum absolute atomic E-state index is 13.4. The summed E-state index contributed by atoms with van der Waals surface area (Å²) in [4.78, 5) is 12.8. The molecule has 9 heteroatoms. The van der Waals surface area contributed by atoms with Crippen LogP contribution >= 0.6 is 0 Å². The Morgan fingerprint density at radius 3 is 2.44 bits per heavy atom. The van der Waals surface area contributed by atoms with Crippen molar-refractivity contribution in [2.24, 2.45) is 5.10 Å². The number of amides is 1. The lowest BCUT2D eigenvalue weighted by Gasteiger charge is -2.25. The summed E-state index contributed by atoms with van der Waals surface area (Å²) in [5, 5.41) is 12.5. The van der Waals surface area contributed by atoms with Crippen LogP contribution in [0.5, 0.6) is 5.75 Å². The van der Waals surface area contributed by atoms with E-state index >= 15 is 0 Å². The van der Waals surface area contributed by atoms with E-state index in [0.29, 0.717) is 17.0 Å². The van der Waals surface area contributed by atoms with Crippen LogP contribution in [0.25, 0.3) is 0 Å². The Hall–Kier alpha value is -4.16. The monoisotopic (exact) mass is 476 g/mol. The Morgan fingerprint density at radius 2 is 1.79 bits per heavy atom. The third kappa shape index (κ3) is 6.21. The summed E-state index contributed by atoms with van der Waals surface area (Å²) in [6, 6.07) is 22.0. The molecule has 0 aliphatic rings. The van der Waals surface area contributed by atoms with Crippen LogP contribution in [0.15, 0.2) is 82.8 Å². The molecular formula is C25H24N4O4S. The second-order valence-corrected chi connectivity index (χ2v) is 9.29. The fourth-order valence-corrected chi connectivity index (χ4v) is 4.72. The van der Waals surface area contributed by atoms with Crippen LogP contribution in [-0.2, 0) is 14.8 Å². The molecule has 0 bridgehead atoms. The van der Waals surface area contributed by atoms with Crippen molar-refractivity contribution < 1.29 is 17.9 Å². The molecule has 1 amide bonds. The summed E-state index contributed by atoms with van der Waals surface area (Å²) in [6.45, 7) is 3.22. The van der Waals surface area contributed by atoms with Crippen LogP contribution in [0.3, 0.4) is 0 Å². The number of hydrogen-bond donors (Lipinski definition) is 1. The van der Waals surface area contributed by atoms with E-state index in [1.165, 1.54) is 18.3 Å². The minimum atomic E-state index is -3.99. The van der Waals surface area contributed by atoms with Gasteiger partial charge in [-0.3, -0.25) is 9.10 Å². The van der Waals surface area contributed by atoms with Gasteiger partial charge in [-0.15, -0.1) is 0 Å². The summed E-state index contributed by atoms with van der Waals surface area (Å²) in [6.07, 6.45) is 1.43. The van der Waals surface area contributed by atoms with Crippen LogP contribution in [0.1, 0.15) is 16.7 Å². The van der Waals surface area contributed by atoms with Crippen LogP contribution in [0.4, 0.5) is 5.69 Å². The van der Waals surface area contributed by atoms with E-state index in [2.05, 4.69) is 10.5 Å². The topological polar surface area (TPSA) is 112 Å². The van der Waals surface area contributed by atoms with E-state index in [1.54, 1.807) is 61.5 Å². The van der Waals surface area contributed by atoms with Gasteiger partial charge in [0, 0.05) is 0 Å². The SMILES string of the molecule is Cc1ccc(N(CC(=O)N/N=C/c2ccc(OCC#N)cc2)S(=O)(=O)c2ccccc2)c(C)c1. The van der Waals surface area contributed by atoms with Gasteiger partial charge in [0.1, 0.15) is 18.4 Å². The normalized spacial score (nSPS) is 11.1. The first kappa shape index (κ1) is 24.5. The van der Waals surface area contributed by atoms with Gasteiger partial charge in [-0.2, -0.15) is 10.4 Å². The molecule has 0 spiro atoms. The van der Waals surface area contributed by atoms with Gasteiger partial charge in [-0.05, 0) is 67.4 Å². The Kier molecular flexibility index (Phi) is 8.01. The predicted molar refractivity (Wildman–Crippen MR) is 130 cm³/mol. The summed E-state index contributed by atoms with van der Waals surface area (Å²) >= 11 is 0. The van der Waals surface area contributed by atoms with Crippen molar-refractivity contribution in [2.45, 2.75) is 18.7 Å². The molecule has 0 saturated heterocycles. The van der Waals surface area contributed by atoms with Crippen LogP contribution < -0.4 is 14.5 Å². The van der Waals surface area contributed by atoms with Crippen molar-refractivity contribution in [2.75, 3.05) is 17.5 Å². The maximum Gasteiger partial charge on any atom is 0.264 e. The number of carbonyl (C=O) groups is 1. The van der Waals surface area contributed by atoms with Crippen LogP contribution in [0, 0.1) is 25.2 Å². The highest BCUT2D eigenvalue weighted by atomic mass is 32.2. The number of aryl methyl sites for hydroxylation is 2. The number of carbonyl (C=O) groups excluding carboxylic acids is 1. The zero-order valence-electron chi connectivity index (χ0n) is 18.8. The Labute approximate surface area is 199 Å². The largest absolute Gasteiger partial charge is 0.479 e. The molecule has 3 aromatic rings. The van der Waals surface area contributed by atoms with E-state index < -0.39 is 22.5 Å². The Morgan fingerprint density at radius 1 is 1.09 bits per heavy atom. The fourth-order valence-electron chi connectivity index (χ4n) is 3.21. The zero-order valence-corrected chi connectivity index (χ0v) is 19.6. The minimum absolute atomic E-state index is 0.0493. The standard InChI is InChI=1S/C25H24N4O4S/c1-19-8-13-24(20(2)16-19)29(34(31,32)23-6-4-3-5-7-23)18-25(30)28-27-17-21-9-11-22(12-10-21)33-15-14-26/h3-13,16-17H,15,18H2,1-2H3,(H,28,30)/b27-17+. The molecular weight excluding hydrogens is 452 g/mol. The molecule has 1 N–H and O–H groups in total. The van der Waals surface area contributed by atoms with Crippen molar-refractivity contribution in [1.82, 2.24) is 5.43 Å². The number of anilines is 1. The van der Waals surface area contributed by atoms with Gasteiger partial charge in [0.2, 0.25) is 0 Å². The third-order valence-electron chi connectivity index (χ3n) is 4.83. The zero-order chi connectivity index (χ0) is 24.6. The number of hydrogen-bond acceptors (Lipinski definition) is 6. The van der Waals surface area contributed by atoms with Crippen molar-refractivity contribution in [1.29, 1.82) is 5.26 Å². The lowest BCUT2D eigenvalue weighted by atomic mass is 10.1. The molecule has 8 nitrogen and oxygen atoms in total. The number of benzene rings is 3. The van der Waals surface area contributed by atoms with Crippen LogP contribution in [0.2, 0.25) is 0 Å². The number of nitriles is 1. The summed E-state index contributed by atoms with van der Waals surface area (Å²) in [5.41, 5.74) is 5.20.